The summed E-state index contributed by atoms with van der Waals surface area (Å²) in [5, 5.41) is 8.18. The summed E-state index contributed by atoms with van der Waals surface area (Å²) in [7, 11) is 0. The van der Waals surface area contributed by atoms with Gasteiger partial charge in [-0.05, 0) is 38.5 Å². The highest BCUT2D eigenvalue weighted by Crippen LogP contribution is 2.11. The van der Waals surface area contributed by atoms with Crippen LogP contribution in [0, 0.1) is 0 Å². The third-order valence-corrected chi connectivity index (χ3v) is 2.61. The number of aromatic nitrogens is 3. The molecule has 18 heavy (non-hydrogen) atoms. The van der Waals surface area contributed by atoms with Gasteiger partial charge < -0.3 is 5.32 Å². The van der Waals surface area contributed by atoms with Crippen molar-refractivity contribution in [3.05, 3.63) is 41.3 Å². The van der Waals surface area contributed by atoms with Crippen molar-refractivity contribution < 1.29 is 0 Å². The van der Waals surface area contributed by atoms with E-state index in [2.05, 4.69) is 36.2 Å². The number of pyridine rings is 1. The van der Waals surface area contributed by atoms with E-state index in [0.717, 1.165) is 12.4 Å². The summed E-state index contributed by atoms with van der Waals surface area (Å²) in [6, 6.07) is 4.00. The van der Waals surface area contributed by atoms with E-state index in [-0.39, 0.29) is 5.54 Å². The first kappa shape index (κ1) is 13.1. The highest BCUT2D eigenvalue weighted by Gasteiger charge is 2.09. The minimum Gasteiger partial charge on any atom is -0.308 e. The van der Waals surface area contributed by atoms with Crippen molar-refractivity contribution in [1.29, 1.82) is 0 Å². The van der Waals surface area contributed by atoms with Gasteiger partial charge >= 0.3 is 0 Å². The molecule has 5 heteroatoms. The second kappa shape index (κ2) is 5.08. The molecule has 0 aromatic carbocycles. The van der Waals surface area contributed by atoms with Gasteiger partial charge in [0.25, 0.3) is 0 Å². The molecule has 0 fully saturated rings. The molecule has 0 radical (unpaired) electrons. The first-order chi connectivity index (χ1) is 8.44. The molecule has 2 aromatic rings. The van der Waals surface area contributed by atoms with Crippen molar-refractivity contribution in [2.75, 3.05) is 0 Å². The molecule has 0 aliphatic rings. The van der Waals surface area contributed by atoms with E-state index in [1.165, 1.54) is 5.56 Å². The topological polar surface area (TPSA) is 42.7 Å². The standard InChI is InChI=1S/C13H17ClN4/c1-13(2,3)16-7-10-4-5-15-12(6-10)18-9-11(14)8-17-18/h4-6,8-9,16H,7H2,1-3H3. The van der Waals surface area contributed by atoms with Crippen LogP contribution in [-0.2, 0) is 6.54 Å². The lowest BCUT2D eigenvalue weighted by Gasteiger charge is -2.20. The summed E-state index contributed by atoms with van der Waals surface area (Å²) in [5.41, 5.74) is 1.26. The molecule has 0 aliphatic heterocycles. The van der Waals surface area contributed by atoms with Gasteiger partial charge in [-0.2, -0.15) is 5.10 Å². The summed E-state index contributed by atoms with van der Waals surface area (Å²) < 4.78 is 1.67. The minimum absolute atomic E-state index is 0.0957. The normalized spacial score (nSPS) is 11.8. The Balaban J connectivity index is 2.15. The van der Waals surface area contributed by atoms with Crippen LogP contribution >= 0.6 is 11.6 Å². The Labute approximate surface area is 112 Å². The van der Waals surface area contributed by atoms with Gasteiger partial charge in [0, 0.05) is 18.3 Å². The third-order valence-electron chi connectivity index (χ3n) is 2.42. The quantitative estimate of drug-likeness (QED) is 0.927. The molecule has 0 amide bonds. The van der Waals surface area contributed by atoms with Crippen molar-refractivity contribution in [3.8, 4) is 5.82 Å². The maximum atomic E-state index is 5.85. The molecule has 0 aliphatic carbocycles. The SMILES string of the molecule is CC(C)(C)NCc1ccnc(-n2cc(Cl)cn2)c1. The average Bonchev–Trinajstić information content (AvgIpc) is 2.73. The van der Waals surface area contributed by atoms with Crippen LogP contribution in [0.1, 0.15) is 26.3 Å². The summed E-state index contributed by atoms with van der Waals surface area (Å²) in [6.07, 6.45) is 5.12. The Hall–Kier alpha value is -1.39. The van der Waals surface area contributed by atoms with E-state index < -0.39 is 0 Å². The predicted molar refractivity (Wildman–Crippen MR) is 73.0 cm³/mol. The molecule has 4 nitrogen and oxygen atoms in total. The van der Waals surface area contributed by atoms with E-state index in [1.807, 2.05) is 12.1 Å². The lowest BCUT2D eigenvalue weighted by molar-refractivity contribution is 0.424. The van der Waals surface area contributed by atoms with Crippen LogP contribution < -0.4 is 5.32 Å². The molecule has 0 saturated carbocycles. The van der Waals surface area contributed by atoms with Gasteiger partial charge in [0.15, 0.2) is 5.82 Å². The van der Waals surface area contributed by atoms with Crippen molar-refractivity contribution in [2.24, 2.45) is 0 Å². The molecule has 0 bridgehead atoms. The largest absolute Gasteiger partial charge is 0.308 e. The lowest BCUT2D eigenvalue weighted by atomic mass is 10.1. The van der Waals surface area contributed by atoms with Crippen LogP contribution in [0.4, 0.5) is 0 Å². The van der Waals surface area contributed by atoms with E-state index in [1.54, 1.807) is 23.3 Å². The minimum atomic E-state index is 0.0957. The van der Waals surface area contributed by atoms with Crippen LogP contribution in [0.5, 0.6) is 0 Å². The summed E-state index contributed by atoms with van der Waals surface area (Å²) in [4.78, 5) is 4.28. The first-order valence-corrected chi connectivity index (χ1v) is 6.22. The first-order valence-electron chi connectivity index (χ1n) is 5.84. The molecule has 1 N–H and O–H groups in total. The van der Waals surface area contributed by atoms with E-state index in [0.29, 0.717) is 5.02 Å². The number of nitrogens with one attached hydrogen (secondary N) is 1. The van der Waals surface area contributed by atoms with Crippen molar-refractivity contribution in [2.45, 2.75) is 32.9 Å². The molecule has 2 rings (SSSR count). The highest BCUT2D eigenvalue weighted by atomic mass is 35.5. The van der Waals surface area contributed by atoms with E-state index >= 15 is 0 Å². The molecule has 96 valence electrons. The zero-order valence-electron chi connectivity index (χ0n) is 10.8. The van der Waals surface area contributed by atoms with Crippen molar-refractivity contribution in [3.63, 3.8) is 0 Å². The monoisotopic (exact) mass is 264 g/mol. The zero-order valence-corrected chi connectivity index (χ0v) is 11.6. The van der Waals surface area contributed by atoms with Crippen molar-refractivity contribution >= 4 is 11.6 Å². The molecular formula is C13H17ClN4. The van der Waals surface area contributed by atoms with Gasteiger partial charge in [0.1, 0.15) is 0 Å². The molecular weight excluding hydrogens is 248 g/mol. The molecule has 2 aromatic heterocycles. The Kier molecular flexibility index (Phi) is 3.68. The fraction of sp³-hybridized carbons (Fsp3) is 0.385. The molecule has 0 spiro atoms. The number of halogens is 1. The molecule has 0 saturated heterocycles. The van der Waals surface area contributed by atoms with Crippen LogP contribution in [0.2, 0.25) is 5.02 Å². The zero-order chi connectivity index (χ0) is 13.2. The number of rotatable bonds is 3. The Morgan fingerprint density at radius 2 is 2.17 bits per heavy atom. The highest BCUT2D eigenvalue weighted by molar-refractivity contribution is 6.30. The maximum absolute atomic E-state index is 5.85. The summed E-state index contributed by atoms with van der Waals surface area (Å²) in [6.45, 7) is 7.22. The van der Waals surface area contributed by atoms with Gasteiger partial charge in [0.05, 0.1) is 17.4 Å². The lowest BCUT2D eigenvalue weighted by Crippen LogP contribution is -2.35. The fourth-order valence-electron chi connectivity index (χ4n) is 1.49. The molecule has 0 atom stereocenters. The Morgan fingerprint density at radius 1 is 1.39 bits per heavy atom. The summed E-state index contributed by atoms with van der Waals surface area (Å²) >= 11 is 5.85. The van der Waals surface area contributed by atoms with Gasteiger partial charge in [-0.15, -0.1) is 0 Å². The molecule has 0 unspecified atom stereocenters. The van der Waals surface area contributed by atoms with Gasteiger partial charge in [-0.25, -0.2) is 9.67 Å². The third kappa shape index (κ3) is 3.55. The van der Waals surface area contributed by atoms with Gasteiger partial charge in [-0.1, -0.05) is 11.6 Å². The van der Waals surface area contributed by atoms with Crippen LogP contribution in [0.25, 0.3) is 5.82 Å². The number of hydrogen-bond donors (Lipinski definition) is 1. The Bertz CT molecular complexity index is 528. The Morgan fingerprint density at radius 3 is 2.78 bits per heavy atom. The van der Waals surface area contributed by atoms with Crippen LogP contribution in [-0.4, -0.2) is 20.3 Å². The second-order valence-corrected chi connectivity index (χ2v) is 5.67. The second-order valence-electron chi connectivity index (χ2n) is 5.23. The van der Waals surface area contributed by atoms with Crippen LogP contribution in [0.15, 0.2) is 30.7 Å². The maximum Gasteiger partial charge on any atom is 0.153 e. The van der Waals surface area contributed by atoms with Crippen molar-refractivity contribution in [1.82, 2.24) is 20.1 Å². The average molecular weight is 265 g/mol. The fourth-order valence-corrected chi connectivity index (χ4v) is 1.63. The van der Waals surface area contributed by atoms with Gasteiger partial charge in [-0.3, -0.25) is 0 Å². The predicted octanol–water partition coefficient (Wildman–Crippen LogP) is 2.81. The van der Waals surface area contributed by atoms with E-state index in [4.69, 9.17) is 11.6 Å². The van der Waals surface area contributed by atoms with Crippen LogP contribution in [0.3, 0.4) is 0 Å². The molecule has 2 heterocycles. The number of hydrogen-bond acceptors (Lipinski definition) is 3. The smallest absolute Gasteiger partial charge is 0.153 e. The van der Waals surface area contributed by atoms with Gasteiger partial charge in [0.2, 0.25) is 0 Å². The summed E-state index contributed by atoms with van der Waals surface area (Å²) in [5.74, 6) is 0.773. The number of nitrogens with zero attached hydrogens (tertiary/aromatic N) is 3. The van der Waals surface area contributed by atoms with E-state index in [9.17, 15) is 0 Å².